The van der Waals surface area contributed by atoms with Crippen molar-refractivity contribution in [1.82, 2.24) is 9.55 Å². The third-order valence-corrected chi connectivity index (χ3v) is 6.69. The van der Waals surface area contributed by atoms with Crippen molar-refractivity contribution in [2.45, 2.75) is 45.3 Å². The quantitative estimate of drug-likeness (QED) is 0.400. The summed E-state index contributed by atoms with van der Waals surface area (Å²) in [6, 6.07) is 23.9. The lowest BCUT2D eigenvalue weighted by molar-refractivity contribution is -0.117. The molecule has 1 aliphatic rings. The van der Waals surface area contributed by atoms with Crippen molar-refractivity contribution in [1.29, 1.82) is 0 Å². The van der Waals surface area contributed by atoms with Crippen LogP contribution < -0.4 is 9.64 Å². The standard InChI is InChI=1S/C29H31N3O3/c1-3-21-10-14-25(15-11-21)35-19-24(33)18-32-27-7-5-4-6-26(27)30-29(32)22-16-28(34)31(17-22)23-12-8-20(2)9-13-23/h4-15,22,24,33H,3,16-19H2,1-2H3/t22-,24-/m0/s1. The summed E-state index contributed by atoms with van der Waals surface area (Å²) in [6.07, 6.45) is 0.653. The third-order valence-electron chi connectivity index (χ3n) is 6.69. The Hall–Kier alpha value is -3.64. The van der Waals surface area contributed by atoms with Gasteiger partial charge in [0.1, 0.15) is 24.3 Å². The molecule has 0 radical (unpaired) electrons. The molecule has 1 aromatic heterocycles. The van der Waals surface area contributed by atoms with Crippen molar-refractivity contribution in [2.24, 2.45) is 0 Å². The molecule has 6 heteroatoms. The van der Waals surface area contributed by atoms with E-state index in [0.717, 1.165) is 40.3 Å². The summed E-state index contributed by atoms with van der Waals surface area (Å²) in [6.45, 7) is 5.25. The zero-order valence-electron chi connectivity index (χ0n) is 20.2. The number of benzene rings is 3. The highest BCUT2D eigenvalue weighted by Crippen LogP contribution is 2.33. The Balaban J connectivity index is 1.35. The first-order valence-corrected chi connectivity index (χ1v) is 12.2. The average molecular weight is 470 g/mol. The number of imidazole rings is 1. The molecule has 2 heterocycles. The lowest BCUT2D eigenvalue weighted by Gasteiger charge is -2.19. The molecule has 1 saturated heterocycles. The van der Waals surface area contributed by atoms with Crippen molar-refractivity contribution in [3.05, 3.63) is 89.7 Å². The normalized spacial score (nSPS) is 16.7. The molecule has 0 saturated carbocycles. The van der Waals surface area contributed by atoms with Gasteiger partial charge in [-0.3, -0.25) is 4.79 Å². The van der Waals surface area contributed by atoms with E-state index in [4.69, 9.17) is 9.72 Å². The Morgan fingerprint density at radius 1 is 1.06 bits per heavy atom. The van der Waals surface area contributed by atoms with E-state index in [1.54, 1.807) is 0 Å². The molecular weight excluding hydrogens is 438 g/mol. The number of aliphatic hydroxyl groups is 1. The van der Waals surface area contributed by atoms with E-state index in [0.29, 0.717) is 19.5 Å². The fourth-order valence-corrected chi connectivity index (χ4v) is 4.73. The summed E-state index contributed by atoms with van der Waals surface area (Å²) in [4.78, 5) is 19.7. The van der Waals surface area contributed by atoms with Gasteiger partial charge in [0, 0.05) is 24.6 Å². The van der Waals surface area contributed by atoms with Crippen LogP contribution in [0.3, 0.4) is 0 Å². The number of rotatable bonds is 8. The van der Waals surface area contributed by atoms with Crippen molar-refractivity contribution in [2.75, 3.05) is 18.1 Å². The van der Waals surface area contributed by atoms with Gasteiger partial charge in [-0.1, -0.05) is 48.9 Å². The maximum Gasteiger partial charge on any atom is 0.227 e. The molecule has 0 spiro atoms. The van der Waals surface area contributed by atoms with Crippen molar-refractivity contribution in [3.63, 3.8) is 0 Å². The van der Waals surface area contributed by atoms with Gasteiger partial charge in [-0.05, 0) is 55.3 Å². The molecule has 5 rings (SSSR count). The molecule has 1 fully saturated rings. The monoisotopic (exact) mass is 469 g/mol. The SMILES string of the molecule is CCc1ccc(OC[C@@H](O)Cn2c([C@H]3CC(=O)N(c4ccc(C)cc4)C3)nc3ccccc32)cc1. The maximum atomic E-state index is 12.9. The van der Waals surface area contributed by atoms with Crippen molar-refractivity contribution < 1.29 is 14.6 Å². The first-order valence-electron chi connectivity index (χ1n) is 12.2. The summed E-state index contributed by atoms with van der Waals surface area (Å²) < 4.78 is 7.90. The van der Waals surface area contributed by atoms with E-state index in [2.05, 4.69) is 11.5 Å². The second kappa shape index (κ2) is 9.92. The number of para-hydroxylation sites is 2. The van der Waals surface area contributed by atoms with Gasteiger partial charge >= 0.3 is 0 Å². The number of anilines is 1. The number of aryl methyl sites for hydroxylation is 2. The minimum atomic E-state index is -0.720. The number of ether oxygens (including phenoxy) is 1. The first kappa shape index (κ1) is 23.1. The van der Waals surface area contributed by atoms with Crippen LogP contribution in [0.15, 0.2) is 72.8 Å². The molecule has 0 bridgehead atoms. The van der Waals surface area contributed by atoms with Gasteiger partial charge in [0.05, 0.1) is 17.6 Å². The molecule has 0 unspecified atom stereocenters. The van der Waals surface area contributed by atoms with Crippen LogP contribution in [0, 0.1) is 6.92 Å². The molecular formula is C29H31N3O3. The molecule has 35 heavy (non-hydrogen) atoms. The molecule has 1 aliphatic heterocycles. The van der Waals surface area contributed by atoms with E-state index >= 15 is 0 Å². The number of amides is 1. The summed E-state index contributed by atoms with van der Waals surface area (Å²) in [5.41, 5.74) is 5.14. The van der Waals surface area contributed by atoms with E-state index < -0.39 is 6.10 Å². The number of carbonyl (C=O) groups is 1. The van der Waals surface area contributed by atoms with Gasteiger partial charge in [0.25, 0.3) is 0 Å². The molecule has 1 amide bonds. The number of fused-ring (bicyclic) bond motifs is 1. The summed E-state index contributed by atoms with van der Waals surface area (Å²) in [5.74, 6) is 1.62. The molecule has 1 N–H and O–H groups in total. The second-order valence-corrected chi connectivity index (χ2v) is 9.27. The highest BCUT2D eigenvalue weighted by Gasteiger charge is 2.35. The molecule has 0 aliphatic carbocycles. The predicted octanol–water partition coefficient (Wildman–Crippen LogP) is 4.87. The van der Waals surface area contributed by atoms with Gasteiger partial charge < -0.3 is 19.3 Å². The van der Waals surface area contributed by atoms with Crippen LogP contribution >= 0.6 is 0 Å². The van der Waals surface area contributed by atoms with Crippen LogP contribution in [0.5, 0.6) is 5.75 Å². The Morgan fingerprint density at radius 2 is 1.80 bits per heavy atom. The maximum absolute atomic E-state index is 12.9. The van der Waals surface area contributed by atoms with Gasteiger partial charge in [0.15, 0.2) is 0 Å². The highest BCUT2D eigenvalue weighted by atomic mass is 16.5. The van der Waals surface area contributed by atoms with Crippen LogP contribution in [0.1, 0.15) is 36.2 Å². The van der Waals surface area contributed by atoms with E-state index in [9.17, 15) is 9.90 Å². The summed E-state index contributed by atoms with van der Waals surface area (Å²) in [7, 11) is 0. The zero-order valence-corrected chi connectivity index (χ0v) is 20.2. The lowest BCUT2D eigenvalue weighted by atomic mass is 10.1. The van der Waals surface area contributed by atoms with Gasteiger partial charge in [0.2, 0.25) is 5.91 Å². The van der Waals surface area contributed by atoms with E-state index in [-0.39, 0.29) is 18.4 Å². The summed E-state index contributed by atoms with van der Waals surface area (Å²) in [5, 5.41) is 10.9. The minimum Gasteiger partial charge on any atom is -0.491 e. The Bertz CT molecular complexity index is 1310. The largest absolute Gasteiger partial charge is 0.491 e. The van der Waals surface area contributed by atoms with E-state index in [1.807, 2.05) is 84.6 Å². The van der Waals surface area contributed by atoms with Crippen molar-refractivity contribution in [3.8, 4) is 5.75 Å². The van der Waals surface area contributed by atoms with Crippen molar-refractivity contribution >= 4 is 22.6 Å². The zero-order chi connectivity index (χ0) is 24.4. The number of aliphatic hydroxyl groups excluding tert-OH is 1. The third kappa shape index (κ3) is 4.93. The second-order valence-electron chi connectivity index (χ2n) is 9.27. The molecule has 4 aromatic rings. The fraction of sp³-hybridized carbons (Fsp3) is 0.310. The number of nitrogens with zero attached hydrogens (tertiary/aromatic N) is 3. The van der Waals surface area contributed by atoms with Gasteiger partial charge in [-0.15, -0.1) is 0 Å². The first-order chi connectivity index (χ1) is 17.0. The lowest BCUT2D eigenvalue weighted by Crippen LogP contribution is -2.26. The van der Waals surface area contributed by atoms with Crippen LogP contribution in [0.2, 0.25) is 0 Å². The van der Waals surface area contributed by atoms with E-state index in [1.165, 1.54) is 5.56 Å². The Kier molecular flexibility index (Phi) is 6.55. The molecule has 3 aromatic carbocycles. The average Bonchev–Trinajstić information content (AvgIpc) is 3.44. The van der Waals surface area contributed by atoms with Crippen LogP contribution in [0.4, 0.5) is 5.69 Å². The smallest absolute Gasteiger partial charge is 0.227 e. The Morgan fingerprint density at radius 3 is 2.54 bits per heavy atom. The molecule has 6 nitrogen and oxygen atoms in total. The van der Waals surface area contributed by atoms with Crippen LogP contribution in [0.25, 0.3) is 11.0 Å². The van der Waals surface area contributed by atoms with Crippen LogP contribution in [-0.2, 0) is 17.8 Å². The Labute approximate surface area is 205 Å². The number of carbonyl (C=O) groups excluding carboxylic acids is 1. The molecule has 2 atom stereocenters. The number of aromatic nitrogens is 2. The highest BCUT2D eigenvalue weighted by molar-refractivity contribution is 5.96. The number of hydrogen-bond acceptors (Lipinski definition) is 4. The molecule has 180 valence electrons. The van der Waals surface area contributed by atoms with Gasteiger partial charge in [-0.25, -0.2) is 4.98 Å². The van der Waals surface area contributed by atoms with Crippen LogP contribution in [-0.4, -0.2) is 39.8 Å². The topological polar surface area (TPSA) is 67.6 Å². The van der Waals surface area contributed by atoms with Gasteiger partial charge in [-0.2, -0.15) is 0 Å². The summed E-state index contributed by atoms with van der Waals surface area (Å²) >= 11 is 0. The fourth-order valence-electron chi connectivity index (χ4n) is 4.73. The number of hydrogen-bond donors (Lipinski definition) is 1. The minimum absolute atomic E-state index is 0.0501. The predicted molar refractivity (Wildman–Crippen MR) is 138 cm³/mol.